The van der Waals surface area contributed by atoms with Gasteiger partial charge in [0.15, 0.2) is 11.5 Å². The summed E-state index contributed by atoms with van der Waals surface area (Å²) in [6, 6.07) is 19.7. The molecule has 4 rings (SSSR count). The fraction of sp³-hybridized carbons (Fsp3) is 0.379. The molecule has 0 radical (unpaired) electrons. The number of aryl methyl sites for hydroxylation is 2. The van der Waals surface area contributed by atoms with Gasteiger partial charge in [-0.3, -0.25) is 9.80 Å². The summed E-state index contributed by atoms with van der Waals surface area (Å²) >= 11 is 0. The highest BCUT2D eigenvalue weighted by molar-refractivity contribution is 5.65. The third kappa shape index (κ3) is 5.37. The molecule has 3 aromatic carbocycles. The van der Waals surface area contributed by atoms with Crippen LogP contribution >= 0.6 is 0 Å². The fourth-order valence-corrected chi connectivity index (χ4v) is 4.67. The van der Waals surface area contributed by atoms with E-state index in [-0.39, 0.29) is 0 Å². The fourth-order valence-electron chi connectivity index (χ4n) is 4.67. The molecule has 34 heavy (non-hydrogen) atoms. The van der Waals surface area contributed by atoms with E-state index in [9.17, 15) is 0 Å². The average Bonchev–Trinajstić information content (AvgIpc) is 2.86. The monoisotopic (exact) mass is 460 g/mol. The SMILES string of the molecule is COc1ccc(CN2CCN(Cc3ccc(-c4ccc(C)cc4)cc3C)CC2)c(OC)c1OC. The van der Waals surface area contributed by atoms with E-state index in [1.807, 2.05) is 6.07 Å². The van der Waals surface area contributed by atoms with E-state index in [4.69, 9.17) is 14.2 Å². The van der Waals surface area contributed by atoms with Gasteiger partial charge in [0.1, 0.15) is 0 Å². The van der Waals surface area contributed by atoms with E-state index in [0.717, 1.165) is 50.6 Å². The maximum Gasteiger partial charge on any atom is 0.203 e. The molecular weight excluding hydrogens is 424 g/mol. The first-order chi connectivity index (χ1) is 16.5. The molecule has 0 aliphatic carbocycles. The zero-order valence-electron chi connectivity index (χ0n) is 21.1. The molecule has 180 valence electrons. The van der Waals surface area contributed by atoms with E-state index < -0.39 is 0 Å². The molecule has 0 bridgehead atoms. The van der Waals surface area contributed by atoms with Crippen molar-refractivity contribution in [1.29, 1.82) is 0 Å². The summed E-state index contributed by atoms with van der Waals surface area (Å²) in [6.45, 7) is 10.3. The minimum Gasteiger partial charge on any atom is -0.493 e. The number of piperazine rings is 1. The zero-order valence-corrected chi connectivity index (χ0v) is 21.1. The first-order valence-electron chi connectivity index (χ1n) is 11.9. The predicted octanol–water partition coefficient (Wildman–Crippen LogP) is 5.31. The molecule has 0 unspecified atom stereocenters. The topological polar surface area (TPSA) is 34.2 Å². The Balaban J connectivity index is 1.36. The standard InChI is InChI=1S/C29H36N2O3/c1-21-6-8-23(9-7-21)24-10-11-25(22(2)18-24)19-30-14-16-31(17-15-30)20-26-12-13-27(32-3)29(34-5)28(26)33-4/h6-13,18H,14-17,19-20H2,1-5H3. The van der Waals surface area contributed by atoms with Crippen molar-refractivity contribution in [3.05, 3.63) is 76.9 Å². The van der Waals surface area contributed by atoms with Crippen LogP contribution in [0.5, 0.6) is 17.2 Å². The molecule has 0 amide bonds. The number of benzene rings is 3. The molecule has 5 nitrogen and oxygen atoms in total. The van der Waals surface area contributed by atoms with Crippen molar-refractivity contribution in [3.8, 4) is 28.4 Å². The number of rotatable bonds is 8. The number of methoxy groups -OCH3 is 3. The van der Waals surface area contributed by atoms with E-state index in [1.54, 1.807) is 21.3 Å². The van der Waals surface area contributed by atoms with Gasteiger partial charge in [0.25, 0.3) is 0 Å². The Morgan fingerprint density at radius 3 is 1.74 bits per heavy atom. The largest absolute Gasteiger partial charge is 0.493 e. The molecule has 1 aliphatic heterocycles. The molecule has 0 saturated carbocycles. The first kappa shape index (κ1) is 24.1. The Bertz CT molecular complexity index is 1100. The molecule has 1 heterocycles. The van der Waals surface area contributed by atoms with Crippen LogP contribution < -0.4 is 14.2 Å². The van der Waals surface area contributed by atoms with Gasteiger partial charge in [0.05, 0.1) is 21.3 Å². The molecule has 1 aliphatic rings. The van der Waals surface area contributed by atoms with Crippen molar-refractivity contribution >= 4 is 0 Å². The second kappa shape index (κ2) is 10.9. The van der Waals surface area contributed by atoms with Crippen LogP contribution in [-0.4, -0.2) is 57.3 Å². The maximum atomic E-state index is 5.67. The summed E-state index contributed by atoms with van der Waals surface area (Å²) in [5.74, 6) is 2.11. The number of hydrogen-bond donors (Lipinski definition) is 0. The Labute approximate surface area is 203 Å². The van der Waals surface area contributed by atoms with Crippen LogP contribution in [-0.2, 0) is 13.1 Å². The second-order valence-electron chi connectivity index (χ2n) is 9.05. The van der Waals surface area contributed by atoms with Crippen LogP contribution in [0, 0.1) is 13.8 Å². The van der Waals surface area contributed by atoms with Crippen molar-refractivity contribution in [2.75, 3.05) is 47.5 Å². The van der Waals surface area contributed by atoms with Gasteiger partial charge in [-0.05, 0) is 42.2 Å². The molecule has 0 aromatic heterocycles. The van der Waals surface area contributed by atoms with E-state index in [2.05, 4.69) is 72.2 Å². The van der Waals surface area contributed by atoms with Crippen LogP contribution in [0.15, 0.2) is 54.6 Å². The molecule has 1 fully saturated rings. The van der Waals surface area contributed by atoms with Crippen LogP contribution in [0.3, 0.4) is 0 Å². The number of nitrogens with zero attached hydrogens (tertiary/aromatic N) is 2. The minimum absolute atomic E-state index is 0.658. The normalized spacial score (nSPS) is 14.7. The Hall–Kier alpha value is -3.02. The lowest BCUT2D eigenvalue weighted by atomic mass is 9.99. The van der Waals surface area contributed by atoms with Gasteiger partial charge in [-0.2, -0.15) is 0 Å². The summed E-state index contributed by atoms with van der Waals surface area (Å²) < 4.78 is 16.6. The molecule has 0 atom stereocenters. The van der Waals surface area contributed by atoms with Crippen LogP contribution in [0.4, 0.5) is 0 Å². The average molecular weight is 461 g/mol. The lowest BCUT2D eigenvalue weighted by Gasteiger charge is -2.35. The van der Waals surface area contributed by atoms with Crippen molar-refractivity contribution in [1.82, 2.24) is 9.80 Å². The lowest BCUT2D eigenvalue weighted by Crippen LogP contribution is -2.45. The third-order valence-electron chi connectivity index (χ3n) is 6.77. The van der Waals surface area contributed by atoms with Gasteiger partial charge in [0.2, 0.25) is 5.75 Å². The molecular formula is C29H36N2O3. The summed E-state index contributed by atoms with van der Waals surface area (Å²) in [7, 11) is 4.98. The second-order valence-corrected chi connectivity index (χ2v) is 9.05. The maximum absolute atomic E-state index is 5.67. The highest BCUT2D eigenvalue weighted by atomic mass is 16.5. The summed E-state index contributed by atoms with van der Waals surface area (Å²) in [4.78, 5) is 5.03. The van der Waals surface area contributed by atoms with E-state index in [0.29, 0.717) is 11.5 Å². The first-order valence-corrected chi connectivity index (χ1v) is 11.9. The molecule has 3 aromatic rings. The highest BCUT2D eigenvalue weighted by Crippen LogP contribution is 2.40. The van der Waals surface area contributed by atoms with Crippen LogP contribution in [0.1, 0.15) is 22.3 Å². The minimum atomic E-state index is 0.658. The summed E-state index contributed by atoms with van der Waals surface area (Å²) in [6.07, 6.45) is 0. The van der Waals surface area contributed by atoms with Gasteiger partial charge in [-0.25, -0.2) is 0 Å². The van der Waals surface area contributed by atoms with Crippen molar-refractivity contribution < 1.29 is 14.2 Å². The van der Waals surface area contributed by atoms with Crippen molar-refractivity contribution in [2.24, 2.45) is 0 Å². The summed E-state index contributed by atoms with van der Waals surface area (Å²) in [5, 5.41) is 0. The smallest absolute Gasteiger partial charge is 0.203 e. The quantitative estimate of drug-likeness (QED) is 0.455. The third-order valence-corrected chi connectivity index (χ3v) is 6.77. The van der Waals surface area contributed by atoms with Gasteiger partial charge >= 0.3 is 0 Å². The van der Waals surface area contributed by atoms with Gasteiger partial charge in [0, 0.05) is 44.8 Å². The van der Waals surface area contributed by atoms with Crippen LogP contribution in [0.25, 0.3) is 11.1 Å². The summed E-state index contributed by atoms with van der Waals surface area (Å²) in [5.41, 5.74) is 7.74. The zero-order chi connectivity index (χ0) is 24.1. The number of ether oxygens (including phenoxy) is 3. The number of hydrogen-bond acceptors (Lipinski definition) is 5. The van der Waals surface area contributed by atoms with Crippen molar-refractivity contribution in [3.63, 3.8) is 0 Å². The highest BCUT2D eigenvalue weighted by Gasteiger charge is 2.21. The van der Waals surface area contributed by atoms with Gasteiger partial charge in [-0.15, -0.1) is 0 Å². The Morgan fingerprint density at radius 1 is 0.618 bits per heavy atom. The van der Waals surface area contributed by atoms with Gasteiger partial charge < -0.3 is 14.2 Å². The molecule has 5 heteroatoms. The predicted molar refractivity (Wildman–Crippen MR) is 138 cm³/mol. The van der Waals surface area contributed by atoms with Crippen LogP contribution in [0.2, 0.25) is 0 Å². The molecule has 0 N–H and O–H groups in total. The van der Waals surface area contributed by atoms with Gasteiger partial charge in [-0.1, -0.05) is 54.1 Å². The van der Waals surface area contributed by atoms with Crippen molar-refractivity contribution in [2.45, 2.75) is 26.9 Å². The van der Waals surface area contributed by atoms with E-state index >= 15 is 0 Å². The lowest BCUT2D eigenvalue weighted by molar-refractivity contribution is 0.121. The Morgan fingerprint density at radius 2 is 1.18 bits per heavy atom. The van der Waals surface area contributed by atoms with E-state index in [1.165, 1.54) is 27.8 Å². The Kier molecular flexibility index (Phi) is 7.76. The molecule has 1 saturated heterocycles. The molecule has 0 spiro atoms.